The molecule has 1 atom stereocenters. The minimum absolute atomic E-state index is 0.0301. The molecule has 0 aromatic heterocycles. The van der Waals surface area contributed by atoms with Gasteiger partial charge in [0, 0.05) is 6.08 Å². The molecule has 10 heavy (non-hydrogen) atoms. The van der Waals surface area contributed by atoms with Crippen LogP contribution in [0.1, 0.15) is 0 Å². The standard InChI is InChI=1S/C6H4F4/c7-4-1-2-5(8)6(9,10)3-4/h1-3,5H. The Morgan fingerprint density at radius 3 is 2.40 bits per heavy atom. The maximum Gasteiger partial charge on any atom is 0.303 e. The van der Waals surface area contributed by atoms with Gasteiger partial charge >= 0.3 is 5.92 Å². The molecule has 1 unspecified atom stereocenters. The van der Waals surface area contributed by atoms with E-state index in [-0.39, 0.29) is 6.08 Å². The van der Waals surface area contributed by atoms with Gasteiger partial charge in [-0.25, -0.2) is 8.78 Å². The molecule has 0 aliphatic heterocycles. The maximum atomic E-state index is 12.1. The highest BCUT2D eigenvalue weighted by atomic mass is 19.3. The third-order valence-corrected chi connectivity index (χ3v) is 1.12. The third kappa shape index (κ3) is 1.20. The summed E-state index contributed by atoms with van der Waals surface area (Å²) in [4.78, 5) is 0. The fraction of sp³-hybridized carbons (Fsp3) is 0.333. The molecule has 0 heterocycles. The van der Waals surface area contributed by atoms with Gasteiger partial charge in [0.25, 0.3) is 0 Å². The maximum absolute atomic E-state index is 12.1. The van der Waals surface area contributed by atoms with Gasteiger partial charge in [-0.2, -0.15) is 8.78 Å². The number of halogens is 4. The van der Waals surface area contributed by atoms with Gasteiger partial charge in [0.1, 0.15) is 5.83 Å². The Kier molecular flexibility index (Phi) is 1.54. The Hall–Kier alpha value is -0.800. The van der Waals surface area contributed by atoms with Crippen molar-refractivity contribution in [1.82, 2.24) is 0 Å². The van der Waals surface area contributed by atoms with Gasteiger partial charge in [-0.3, -0.25) is 0 Å². The molecule has 0 spiro atoms. The number of rotatable bonds is 0. The molecule has 1 rings (SSSR count). The van der Waals surface area contributed by atoms with Crippen LogP contribution in [0.2, 0.25) is 0 Å². The summed E-state index contributed by atoms with van der Waals surface area (Å²) in [6.07, 6.45) is -1.25. The van der Waals surface area contributed by atoms with E-state index in [4.69, 9.17) is 0 Å². The summed E-state index contributed by atoms with van der Waals surface area (Å²) >= 11 is 0. The lowest BCUT2D eigenvalue weighted by Crippen LogP contribution is -2.27. The summed E-state index contributed by atoms with van der Waals surface area (Å²) in [5, 5.41) is 0. The van der Waals surface area contributed by atoms with Gasteiger partial charge in [-0.1, -0.05) is 0 Å². The van der Waals surface area contributed by atoms with Crippen LogP contribution in [0.3, 0.4) is 0 Å². The molecule has 1 aliphatic rings. The second kappa shape index (κ2) is 2.11. The highest BCUT2D eigenvalue weighted by molar-refractivity contribution is 5.24. The molecular weight excluding hydrogens is 148 g/mol. The summed E-state index contributed by atoms with van der Waals surface area (Å²) in [6.45, 7) is 0. The van der Waals surface area contributed by atoms with E-state index in [1.165, 1.54) is 0 Å². The quantitative estimate of drug-likeness (QED) is 0.467. The van der Waals surface area contributed by atoms with Crippen LogP contribution in [0, 0.1) is 0 Å². The minimum atomic E-state index is -3.68. The highest BCUT2D eigenvalue weighted by Crippen LogP contribution is 2.29. The van der Waals surface area contributed by atoms with Crippen LogP contribution in [-0.4, -0.2) is 12.1 Å². The summed E-state index contributed by atoms with van der Waals surface area (Å²) in [5.41, 5.74) is 0. The monoisotopic (exact) mass is 152 g/mol. The van der Waals surface area contributed by atoms with Gasteiger partial charge in [-0.15, -0.1) is 0 Å². The fourth-order valence-electron chi connectivity index (χ4n) is 0.616. The van der Waals surface area contributed by atoms with E-state index in [9.17, 15) is 17.6 Å². The van der Waals surface area contributed by atoms with E-state index >= 15 is 0 Å². The number of hydrogen-bond donors (Lipinski definition) is 0. The lowest BCUT2D eigenvalue weighted by molar-refractivity contribution is -0.00958. The number of allylic oxidation sites excluding steroid dienone is 4. The predicted molar refractivity (Wildman–Crippen MR) is 28.2 cm³/mol. The Bertz CT molecular complexity index is 192. The van der Waals surface area contributed by atoms with Crippen molar-refractivity contribution in [2.45, 2.75) is 12.1 Å². The smallest absolute Gasteiger partial charge is 0.236 e. The van der Waals surface area contributed by atoms with Crippen LogP contribution in [0.4, 0.5) is 17.6 Å². The topological polar surface area (TPSA) is 0 Å². The van der Waals surface area contributed by atoms with Gasteiger partial charge in [0.15, 0.2) is 6.17 Å². The van der Waals surface area contributed by atoms with Crippen molar-refractivity contribution < 1.29 is 17.6 Å². The Morgan fingerprint density at radius 2 is 2.00 bits per heavy atom. The zero-order chi connectivity index (χ0) is 7.78. The molecule has 0 N–H and O–H groups in total. The van der Waals surface area contributed by atoms with Crippen LogP contribution >= 0.6 is 0 Å². The molecule has 1 aliphatic carbocycles. The molecule has 0 amide bonds. The summed E-state index contributed by atoms with van der Waals surface area (Å²) < 4.78 is 48.3. The molecule has 0 bridgehead atoms. The molecule has 0 aromatic rings. The molecule has 0 nitrogen and oxygen atoms in total. The molecule has 0 fully saturated rings. The van der Waals surface area contributed by atoms with Crippen molar-refractivity contribution in [3.05, 3.63) is 24.1 Å². The molecule has 0 aromatic carbocycles. The normalized spacial score (nSPS) is 30.0. The first-order chi connectivity index (χ1) is 4.52. The summed E-state index contributed by atoms with van der Waals surface area (Å²) in [6, 6.07) is 0. The van der Waals surface area contributed by atoms with Crippen molar-refractivity contribution in [1.29, 1.82) is 0 Å². The summed E-state index contributed by atoms with van der Waals surface area (Å²) in [7, 11) is 0. The fourth-order valence-corrected chi connectivity index (χ4v) is 0.616. The molecule has 4 heteroatoms. The van der Waals surface area contributed by atoms with E-state index in [2.05, 4.69) is 0 Å². The van der Waals surface area contributed by atoms with Gasteiger partial charge in [0.05, 0.1) is 0 Å². The Morgan fingerprint density at radius 1 is 1.40 bits per heavy atom. The van der Waals surface area contributed by atoms with Crippen LogP contribution in [0.5, 0.6) is 0 Å². The average molecular weight is 152 g/mol. The van der Waals surface area contributed by atoms with Crippen LogP contribution in [-0.2, 0) is 0 Å². The van der Waals surface area contributed by atoms with Crippen molar-refractivity contribution in [2.75, 3.05) is 0 Å². The van der Waals surface area contributed by atoms with Crippen LogP contribution in [0.25, 0.3) is 0 Å². The summed E-state index contributed by atoms with van der Waals surface area (Å²) in [5.74, 6) is -4.78. The van der Waals surface area contributed by atoms with E-state index in [1.807, 2.05) is 0 Å². The van der Waals surface area contributed by atoms with Crippen molar-refractivity contribution in [2.24, 2.45) is 0 Å². The average Bonchev–Trinajstić information content (AvgIpc) is 1.78. The minimum Gasteiger partial charge on any atom is -0.236 e. The first kappa shape index (κ1) is 7.31. The number of alkyl halides is 3. The molecule has 0 saturated carbocycles. The second-order valence-electron chi connectivity index (χ2n) is 1.96. The van der Waals surface area contributed by atoms with Gasteiger partial charge < -0.3 is 0 Å². The van der Waals surface area contributed by atoms with Gasteiger partial charge in [0.2, 0.25) is 0 Å². The second-order valence-corrected chi connectivity index (χ2v) is 1.96. The zero-order valence-corrected chi connectivity index (χ0v) is 4.82. The van der Waals surface area contributed by atoms with E-state index in [0.29, 0.717) is 12.2 Å². The van der Waals surface area contributed by atoms with Crippen molar-refractivity contribution in [3.63, 3.8) is 0 Å². The lowest BCUT2D eigenvalue weighted by Gasteiger charge is -2.16. The third-order valence-electron chi connectivity index (χ3n) is 1.12. The van der Waals surface area contributed by atoms with E-state index in [1.54, 1.807) is 0 Å². The largest absolute Gasteiger partial charge is 0.303 e. The Labute approximate surface area is 54.8 Å². The molecule has 0 saturated heterocycles. The SMILES string of the molecule is FC1=CC(F)(F)C(F)C=C1. The predicted octanol–water partition coefficient (Wildman–Crippen LogP) is 2.38. The van der Waals surface area contributed by atoms with Crippen LogP contribution < -0.4 is 0 Å². The van der Waals surface area contributed by atoms with E-state index in [0.717, 1.165) is 0 Å². The molecular formula is C6H4F4. The number of hydrogen-bond acceptors (Lipinski definition) is 0. The van der Waals surface area contributed by atoms with Gasteiger partial charge in [-0.05, 0) is 12.2 Å². The van der Waals surface area contributed by atoms with E-state index < -0.39 is 17.9 Å². The lowest BCUT2D eigenvalue weighted by atomic mass is 10.1. The first-order valence-corrected chi connectivity index (χ1v) is 2.61. The van der Waals surface area contributed by atoms with Crippen molar-refractivity contribution >= 4 is 0 Å². The van der Waals surface area contributed by atoms with Crippen molar-refractivity contribution in [3.8, 4) is 0 Å². The van der Waals surface area contributed by atoms with Crippen LogP contribution in [0.15, 0.2) is 24.1 Å². The highest BCUT2D eigenvalue weighted by Gasteiger charge is 2.38. The zero-order valence-electron chi connectivity index (χ0n) is 4.82. The molecule has 56 valence electrons. The molecule has 0 radical (unpaired) electrons. The Balaban J connectivity index is 2.88. The first-order valence-electron chi connectivity index (χ1n) is 2.61.